The lowest BCUT2D eigenvalue weighted by Crippen LogP contribution is -2.47. The lowest BCUT2D eigenvalue weighted by atomic mass is 10.0. The first-order chi connectivity index (χ1) is 11.5. The summed E-state index contributed by atoms with van der Waals surface area (Å²) in [7, 11) is 3.85. The molecule has 1 aromatic carbocycles. The summed E-state index contributed by atoms with van der Waals surface area (Å²) in [5, 5.41) is 0. The molecule has 24 heavy (non-hydrogen) atoms. The van der Waals surface area contributed by atoms with Gasteiger partial charge in [0.15, 0.2) is 0 Å². The highest BCUT2D eigenvalue weighted by atomic mass is 16.5. The molecule has 0 unspecified atom stereocenters. The molecule has 0 radical (unpaired) electrons. The first-order valence-corrected chi connectivity index (χ1v) is 9.03. The van der Waals surface area contributed by atoms with E-state index >= 15 is 0 Å². The minimum Gasteiger partial charge on any atom is -0.497 e. The van der Waals surface area contributed by atoms with Gasteiger partial charge in [-0.15, -0.1) is 0 Å². The van der Waals surface area contributed by atoms with Gasteiger partial charge in [0, 0.05) is 38.6 Å². The molecule has 0 atom stereocenters. The molecule has 4 heteroatoms. The van der Waals surface area contributed by atoms with Crippen LogP contribution < -0.4 is 4.74 Å². The zero-order chi connectivity index (χ0) is 17.9. The first kappa shape index (κ1) is 20.7. The molecule has 0 spiro atoms. The normalized spacial score (nSPS) is 15.8. The number of aryl methyl sites for hydroxylation is 2. The standard InChI is InChI=1S/C12H16O2.C8H18N2/c1-3-10-6-7-12(14-2)9-11(10)5-4-8-13;1-8(2)10-6-4-9(3)5-7-10/h6-9H,3-5H2,1-2H3;8H,4-7H2,1-3H3. The van der Waals surface area contributed by atoms with E-state index in [0.29, 0.717) is 6.42 Å². The molecular formula is C20H34N2O2. The largest absolute Gasteiger partial charge is 0.497 e. The van der Waals surface area contributed by atoms with Gasteiger partial charge in [0.25, 0.3) is 0 Å². The summed E-state index contributed by atoms with van der Waals surface area (Å²) in [6.45, 7) is 11.6. The second kappa shape index (κ2) is 11.2. The average Bonchev–Trinajstić information content (AvgIpc) is 2.60. The lowest BCUT2D eigenvalue weighted by molar-refractivity contribution is -0.107. The zero-order valence-corrected chi connectivity index (χ0v) is 16.0. The smallest absolute Gasteiger partial charge is 0.120 e. The summed E-state index contributed by atoms with van der Waals surface area (Å²) in [5.74, 6) is 0.864. The zero-order valence-electron chi connectivity index (χ0n) is 16.0. The molecule has 0 saturated carbocycles. The van der Waals surface area contributed by atoms with Gasteiger partial charge in [-0.1, -0.05) is 13.0 Å². The highest BCUT2D eigenvalue weighted by Crippen LogP contribution is 2.19. The maximum atomic E-state index is 10.3. The van der Waals surface area contributed by atoms with E-state index in [1.807, 2.05) is 12.1 Å². The molecule has 4 nitrogen and oxygen atoms in total. The van der Waals surface area contributed by atoms with Crippen molar-refractivity contribution in [2.75, 3.05) is 40.3 Å². The SMILES string of the molecule is CC(C)N1CCN(C)CC1.CCc1ccc(OC)cc1CCC=O. The van der Waals surface area contributed by atoms with Crippen molar-refractivity contribution in [3.63, 3.8) is 0 Å². The number of likely N-dealkylation sites (N-methyl/N-ethyl adjacent to an activating group) is 1. The van der Waals surface area contributed by atoms with Crippen LogP contribution >= 0.6 is 0 Å². The van der Waals surface area contributed by atoms with E-state index < -0.39 is 0 Å². The van der Waals surface area contributed by atoms with E-state index in [2.05, 4.69) is 43.7 Å². The maximum absolute atomic E-state index is 10.3. The van der Waals surface area contributed by atoms with Gasteiger partial charge in [0.1, 0.15) is 12.0 Å². The highest BCUT2D eigenvalue weighted by Gasteiger charge is 2.15. The molecule has 0 amide bonds. The minimum atomic E-state index is 0.583. The molecule has 1 aromatic rings. The van der Waals surface area contributed by atoms with E-state index in [4.69, 9.17) is 4.74 Å². The Morgan fingerprint density at radius 3 is 2.33 bits per heavy atom. The molecule has 0 bridgehead atoms. The summed E-state index contributed by atoms with van der Waals surface area (Å²) < 4.78 is 5.15. The molecule has 1 fully saturated rings. The topological polar surface area (TPSA) is 32.8 Å². The van der Waals surface area contributed by atoms with Crippen molar-refractivity contribution in [3.05, 3.63) is 29.3 Å². The van der Waals surface area contributed by atoms with Gasteiger partial charge in [-0.3, -0.25) is 4.90 Å². The van der Waals surface area contributed by atoms with Crippen LogP contribution in [0.2, 0.25) is 0 Å². The summed E-state index contributed by atoms with van der Waals surface area (Å²) in [6.07, 6.45) is 3.35. The van der Waals surface area contributed by atoms with Crippen LogP contribution in [0.5, 0.6) is 5.75 Å². The van der Waals surface area contributed by atoms with Crippen LogP contribution in [0.25, 0.3) is 0 Å². The Balaban J connectivity index is 0.000000254. The number of nitrogens with zero attached hydrogens (tertiary/aromatic N) is 2. The quantitative estimate of drug-likeness (QED) is 0.749. The van der Waals surface area contributed by atoms with E-state index in [0.717, 1.165) is 30.9 Å². The summed E-state index contributed by atoms with van der Waals surface area (Å²) in [6, 6.07) is 6.78. The number of hydrogen-bond acceptors (Lipinski definition) is 4. The molecular weight excluding hydrogens is 300 g/mol. The molecule has 2 rings (SSSR count). The van der Waals surface area contributed by atoms with E-state index in [-0.39, 0.29) is 0 Å². The maximum Gasteiger partial charge on any atom is 0.120 e. The fourth-order valence-corrected chi connectivity index (χ4v) is 2.86. The van der Waals surface area contributed by atoms with Crippen molar-refractivity contribution in [3.8, 4) is 5.75 Å². The van der Waals surface area contributed by atoms with Gasteiger partial charge in [-0.2, -0.15) is 0 Å². The van der Waals surface area contributed by atoms with Crippen LogP contribution in [0.4, 0.5) is 0 Å². The van der Waals surface area contributed by atoms with Crippen LogP contribution in [0.3, 0.4) is 0 Å². The number of carbonyl (C=O) groups excluding carboxylic acids is 1. The highest BCUT2D eigenvalue weighted by molar-refractivity contribution is 5.50. The fraction of sp³-hybridized carbons (Fsp3) is 0.650. The lowest BCUT2D eigenvalue weighted by Gasteiger charge is -2.34. The van der Waals surface area contributed by atoms with Gasteiger partial charge < -0.3 is 14.4 Å². The number of benzene rings is 1. The van der Waals surface area contributed by atoms with Crippen molar-refractivity contribution < 1.29 is 9.53 Å². The molecule has 1 aliphatic rings. The predicted molar refractivity (Wildman–Crippen MR) is 101 cm³/mol. The number of piperazine rings is 1. The van der Waals surface area contributed by atoms with E-state index in [1.165, 1.54) is 37.3 Å². The third-order valence-corrected chi connectivity index (χ3v) is 4.59. The number of rotatable bonds is 6. The van der Waals surface area contributed by atoms with Crippen LogP contribution in [0.1, 0.15) is 38.3 Å². The Bertz CT molecular complexity index is 481. The minimum absolute atomic E-state index is 0.583. The number of hydrogen-bond donors (Lipinski definition) is 0. The second-order valence-corrected chi connectivity index (χ2v) is 6.63. The summed E-state index contributed by atoms with van der Waals surface area (Å²) in [4.78, 5) is 15.2. The Morgan fingerprint density at radius 1 is 1.17 bits per heavy atom. The fourth-order valence-electron chi connectivity index (χ4n) is 2.86. The Kier molecular flexibility index (Phi) is 9.65. The van der Waals surface area contributed by atoms with Gasteiger partial charge >= 0.3 is 0 Å². The first-order valence-electron chi connectivity index (χ1n) is 9.03. The van der Waals surface area contributed by atoms with Crippen molar-refractivity contribution >= 4 is 6.29 Å². The third kappa shape index (κ3) is 7.02. The summed E-state index contributed by atoms with van der Waals surface area (Å²) >= 11 is 0. The number of ether oxygens (including phenoxy) is 1. The number of methoxy groups -OCH3 is 1. The van der Waals surface area contributed by atoms with E-state index in [1.54, 1.807) is 7.11 Å². The number of carbonyl (C=O) groups is 1. The number of aldehydes is 1. The molecule has 0 aliphatic carbocycles. The Morgan fingerprint density at radius 2 is 1.83 bits per heavy atom. The van der Waals surface area contributed by atoms with Crippen molar-refractivity contribution in [1.29, 1.82) is 0 Å². The van der Waals surface area contributed by atoms with Gasteiger partial charge in [0.2, 0.25) is 0 Å². The van der Waals surface area contributed by atoms with Crippen molar-refractivity contribution in [1.82, 2.24) is 9.80 Å². The van der Waals surface area contributed by atoms with Gasteiger partial charge in [0.05, 0.1) is 7.11 Å². The van der Waals surface area contributed by atoms with Gasteiger partial charge in [-0.25, -0.2) is 0 Å². The van der Waals surface area contributed by atoms with Crippen LogP contribution in [-0.2, 0) is 17.6 Å². The monoisotopic (exact) mass is 334 g/mol. The molecule has 1 heterocycles. The molecule has 1 saturated heterocycles. The summed E-state index contributed by atoms with van der Waals surface area (Å²) in [5.41, 5.74) is 2.52. The predicted octanol–water partition coefficient (Wildman–Crippen LogP) is 3.03. The van der Waals surface area contributed by atoms with Crippen molar-refractivity contribution in [2.24, 2.45) is 0 Å². The molecule has 1 aliphatic heterocycles. The third-order valence-electron chi connectivity index (χ3n) is 4.59. The van der Waals surface area contributed by atoms with E-state index in [9.17, 15) is 4.79 Å². The average molecular weight is 335 g/mol. The Hall–Kier alpha value is -1.39. The van der Waals surface area contributed by atoms with Crippen molar-refractivity contribution in [2.45, 2.75) is 46.1 Å². The second-order valence-electron chi connectivity index (χ2n) is 6.63. The Labute approximate surface area is 147 Å². The van der Waals surface area contributed by atoms with Gasteiger partial charge in [-0.05, 0) is 57.0 Å². The molecule has 0 N–H and O–H groups in total. The van der Waals surface area contributed by atoms with Crippen LogP contribution in [-0.4, -0.2) is 62.5 Å². The van der Waals surface area contributed by atoms with Crippen LogP contribution in [0, 0.1) is 0 Å². The molecule has 0 aromatic heterocycles. The van der Waals surface area contributed by atoms with Crippen LogP contribution in [0.15, 0.2) is 18.2 Å². The molecule has 136 valence electrons.